The summed E-state index contributed by atoms with van der Waals surface area (Å²) in [6.45, 7) is 9.06. The van der Waals surface area contributed by atoms with E-state index in [0.29, 0.717) is 22.4 Å². The molecule has 0 unspecified atom stereocenters. The van der Waals surface area contributed by atoms with E-state index in [4.69, 9.17) is 9.47 Å². The molecule has 0 radical (unpaired) electrons. The number of esters is 1. The van der Waals surface area contributed by atoms with Gasteiger partial charge in [0.15, 0.2) is 11.5 Å². The molecule has 0 saturated carbocycles. The highest BCUT2D eigenvalue weighted by Gasteiger charge is 2.26. The molecule has 2 N–H and O–H groups in total. The number of hydrogen-bond donors (Lipinski definition) is 2. The molecule has 0 spiro atoms. The number of sulfonamides is 1. The summed E-state index contributed by atoms with van der Waals surface area (Å²) < 4.78 is 39.3. The van der Waals surface area contributed by atoms with Crippen LogP contribution in [0.25, 0.3) is 0 Å². The number of rotatable bonds is 11. The van der Waals surface area contributed by atoms with E-state index < -0.39 is 27.9 Å². The molecule has 190 valence electrons. The fourth-order valence-corrected chi connectivity index (χ4v) is 4.82. The van der Waals surface area contributed by atoms with E-state index in [2.05, 4.69) is 31.2 Å². The van der Waals surface area contributed by atoms with Crippen LogP contribution in [0.15, 0.2) is 50.9 Å². The monoisotopic (exact) mass is 567 g/mol. The molecule has 0 aliphatic carbocycles. The molecule has 0 aromatic heterocycles. The lowest BCUT2D eigenvalue weighted by molar-refractivity contribution is -0.132. The van der Waals surface area contributed by atoms with Gasteiger partial charge in [-0.05, 0) is 71.9 Å². The zero-order valence-corrected chi connectivity index (χ0v) is 22.7. The molecule has 2 rings (SSSR count). The summed E-state index contributed by atoms with van der Waals surface area (Å²) in [5.41, 5.74) is 3.88. The molecule has 0 saturated heterocycles. The van der Waals surface area contributed by atoms with Gasteiger partial charge in [0, 0.05) is 6.92 Å². The second-order valence-corrected chi connectivity index (χ2v) is 10.8. The Kier molecular flexibility index (Phi) is 10.4. The first-order valence-electron chi connectivity index (χ1n) is 11.0. The molecule has 11 heteroatoms. The molecule has 0 fully saturated rings. The van der Waals surface area contributed by atoms with Gasteiger partial charge in [0.05, 0.1) is 22.2 Å². The number of nitrogens with one attached hydrogen (secondary N) is 2. The Morgan fingerprint density at radius 2 is 1.83 bits per heavy atom. The Morgan fingerprint density at radius 3 is 2.40 bits per heavy atom. The number of ether oxygens (including phenoxy) is 2. The second-order valence-electron chi connectivity index (χ2n) is 8.21. The Morgan fingerprint density at radius 1 is 1.17 bits per heavy atom. The second kappa shape index (κ2) is 12.8. The van der Waals surface area contributed by atoms with Crippen LogP contribution in [0.3, 0.4) is 0 Å². The van der Waals surface area contributed by atoms with Gasteiger partial charge in [-0.3, -0.25) is 9.59 Å². The molecular formula is C24H30BrN3O6S. The predicted molar refractivity (Wildman–Crippen MR) is 137 cm³/mol. The SMILES string of the molecule is CCOc1cc(/C=N\NC(=O)[C@H](CC(C)C)NS(=O)(=O)c2ccc(C)cc2)cc(Br)c1OC(C)=O. The predicted octanol–water partition coefficient (Wildman–Crippen LogP) is 3.92. The third-order valence-corrected chi connectivity index (χ3v) is 6.69. The first-order valence-corrected chi connectivity index (χ1v) is 13.3. The fraction of sp³-hybridized carbons (Fsp3) is 0.375. The third-order valence-electron chi connectivity index (χ3n) is 4.62. The van der Waals surface area contributed by atoms with Crippen LogP contribution < -0.4 is 19.6 Å². The summed E-state index contributed by atoms with van der Waals surface area (Å²) in [6, 6.07) is 8.60. The molecule has 1 atom stereocenters. The van der Waals surface area contributed by atoms with Gasteiger partial charge in [-0.2, -0.15) is 9.82 Å². The lowest BCUT2D eigenvalue weighted by atomic mass is 10.0. The van der Waals surface area contributed by atoms with Crippen LogP contribution in [0.5, 0.6) is 11.5 Å². The van der Waals surface area contributed by atoms with Gasteiger partial charge in [-0.25, -0.2) is 13.8 Å². The van der Waals surface area contributed by atoms with E-state index in [1.807, 2.05) is 20.8 Å². The Labute approximate surface area is 214 Å². The highest BCUT2D eigenvalue weighted by atomic mass is 79.9. The van der Waals surface area contributed by atoms with E-state index >= 15 is 0 Å². The quantitative estimate of drug-likeness (QED) is 0.183. The molecule has 0 bridgehead atoms. The minimum Gasteiger partial charge on any atom is -0.490 e. The summed E-state index contributed by atoms with van der Waals surface area (Å²) >= 11 is 3.34. The van der Waals surface area contributed by atoms with E-state index in [9.17, 15) is 18.0 Å². The normalized spacial score (nSPS) is 12.5. The topological polar surface area (TPSA) is 123 Å². The van der Waals surface area contributed by atoms with Crippen molar-refractivity contribution in [2.45, 2.75) is 52.0 Å². The maximum atomic E-state index is 12.8. The van der Waals surface area contributed by atoms with Crippen LogP contribution >= 0.6 is 15.9 Å². The largest absolute Gasteiger partial charge is 0.490 e. The number of amides is 1. The molecule has 9 nitrogen and oxygen atoms in total. The van der Waals surface area contributed by atoms with Gasteiger partial charge in [0.25, 0.3) is 5.91 Å². The highest BCUT2D eigenvalue weighted by molar-refractivity contribution is 9.10. The van der Waals surface area contributed by atoms with Crippen LogP contribution in [0, 0.1) is 12.8 Å². The van der Waals surface area contributed by atoms with Crippen molar-refractivity contribution in [1.29, 1.82) is 0 Å². The van der Waals surface area contributed by atoms with Crippen LogP contribution in [0.4, 0.5) is 0 Å². The highest BCUT2D eigenvalue weighted by Crippen LogP contribution is 2.36. The van der Waals surface area contributed by atoms with Crippen LogP contribution in [-0.4, -0.2) is 39.2 Å². The van der Waals surface area contributed by atoms with Crippen molar-refractivity contribution < 1.29 is 27.5 Å². The Hall–Kier alpha value is -2.76. The summed E-state index contributed by atoms with van der Waals surface area (Å²) in [4.78, 5) is 24.3. The van der Waals surface area contributed by atoms with Gasteiger partial charge >= 0.3 is 5.97 Å². The number of carbonyl (C=O) groups is 2. The Balaban J connectivity index is 2.19. The number of nitrogens with zero attached hydrogens (tertiary/aromatic N) is 1. The first-order chi connectivity index (χ1) is 16.4. The number of carbonyl (C=O) groups excluding carboxylic acids is 2. The molecule has 0 heterocycles. The van der Waals surface area contributed by atoms with Crippen molar-refractivity contribution in [1.82, 2.24) is 10.1 Å². The van der Waals surface area contributed by atoms with Gasteiger partial charge in [-0.1, -0.05) is 31.5 Å². The van der Waals surface area contributed by atoms with Crippen LogP contribution in [0.1, 0.15) is 45.2 Å². The van der Waals surface area contributed by atoms with Gasteiger partial charge in [0.2, 0.25) is 10.0 Å². The van der Waals surface area contributed by atoms with E-state index in [-0.39, 0.29) is 23.0 Å². The fourth-order valence-electron chi connectivity index (χ4n) is 3.07. The maximum Gasteiger partial charge on any atom is 0.308 e. The lowest BCUT2D eigenvalue weighted by Gasteiger charge is -2.19. The van der Waals surface area contributed by atoms with Crippen molar-refractivity contribution in [3.63, 3.8) is 0 Å². The number of hydrogen-bond acceptors (Lipinski definition) is 7. The maximum absolute atomic E-state index is 12.8. The molecule has 0 aliphatic rings. The minimum atomic E-state index is -3.90. The zero-order chi connectivity index (χ0) is 26.2. The number of halogens is 1. The number of benzene rings is 2. The number of aryl methyl sites for hydroxylation is 1. The smallest absolute Gasteiger partial charge is 0.308 e. The zero-order valence-electron chi connectivity index (χ0n) is 20.3. The van der Waals surface area contributed by atoms with E-state index in [1.165, 1.54) is 25.3 Å². The summed E-state index contributed by atoms with van der Waals surface area (Å²) in [5, 5.41) is 3.97. The van der Waals surface area contributed by atoms with Gasteiger partial charge < -0.3 is 9.47 Å². The average Bonchev–Trinajstić information content (AvgIpc) is 2.75. The molecule has 0 aliphatic heterocycles. The Bertz CT molecular complexity index is 1180. The van der Waals surface area contributed by atoms with Crippen molar-refractivity contribution >= 4 is 44.0 Å². The molecule has 2 aromatic rings. The molecular weight excluding hydrogens is 538 g/mol. The van der Waals surface area contributed by atoms with Crippen molar-refractivity contribution in [2.24, 2.45) is 11.0 Å². The van der Waals surface area contributed by atoms with E-state index in [1.54, 1.807) is 31.2 Å². The van der Waals surface area contributed by atoms with Gasteiger partial charge in [0.1, 0.15) is 6.04 Å². The molecule has 2 aromatic carbocycles. The van der Waals surface area contributed by atoms with Crippen molar-refractivity contribution in [3.8, 4) is 11.5 Å². The van der Waals surface area contributed by atoms with Crippen LogP contribution in [0.2, 0.25) is 0 Å². The van der Waals surface area contributed by atoms with Crippen molar-refractivity contribution in [2.75, 3.05) is 6.61 Å². The lowest BCUT2D eigenvalue weighted by Crippen LogP contribution is -2.46. The van der Waals surface area contributed by atoms with Gasteiger partial charge in [-0.15, -0.1) is 0 Å². The van der Waals surface area contributed by atoms with Crippen LogP contribution in [-0.2, 0) is 19.6 Å². The standard InChI is InChI=1S/C24H30BrN3O6S/c1-6-33-22-13-18(12-20(25)23(22)34-17(5)29)14-26-27-24(30)21(11-15(2)3)28-35(31,32)19-9-7-16(4)8-10-19/h7-10,12-15,21,28H,6,11H2,1-5H3,(H,27,30)/b26-14-/t21-/m0/s1. The van der Waals surface area contributed by atoms with E-state index in [0.717, 1.165) is 5.56 Å². The summed E-state index contributed by atoms with van der Waals surface area (Å²) in [7, 11) is -3.90. The summed E-state index contributed by atoms with van der Waals surface area (Å²) in [5.74, 6) is -0.471. The third kappa shape index (κ3) is 8.75. The average molecular weight is 568 g/mol. The first kappa shape index (κ1) is 28.5. The minimum absolute atomic E-state index is 0.0500. The molecule has 1 amide bonds. The number of hydrazone groups is 1. The molecule has 35 heavy (non-hydrogen) atoms. The van der Waals surface area contributed by atoms with Crippen molar-refractivity contribution in [3.05, 3.63) is 52.0 Å². The summed E-state index contributed by atoms with van der Waals surface area (Å²) in [6.07, 6.45) is 1.66.